The molecule has 0 radical (unpaired) electrons. The van der Waals surface area contributed by atoms with E-state index in [0.717, 1.165) is 0 Å². The van der Waals surface area contributed by atoms with E-state index in [1.54, 1.807) is 24.3 Å². The van der Waals surface area contributed by atoms with E-state index in [-0.39, 0.29) is 22.9 Å². The molecule has 0 saturated heterocycles. The molecule has 6 nitrogen and oxygen atoms in total. The molecule has 130 valence electrons. The summed E-state index contributed by atoms with van der Waals surface area (Å²) in [5.74, 6) is -1.23. The molecule has 0 aliphatic heterocycles. The maximum atomic E-state index is 12.4. The fourth-order valence-electron chi connectivity index (χ4n) is 2.11. The maximum absolute atomic E-state index is 12.4. The van der Waals surface area contributed by atoms with Crippen molar-refractivity contribution in [1.29, 1.82) is 0 Å². The van der Waals surface area contributed by atoms with Crippen LogP contribution in [0.1, 0.15) is 34.6 Å². The van der Waals surface area contributed by atoms with E-state index in [1.165, 1.54) is 32.0 Å². The van der Waals surface area contributed by atoms with E-state index in [9.17, 15) is 14.4 Å². The smallest absolute Gasteiger partial charge is 0.338 e. The van der Waals surface area contributed by atoms with Gasteiger partial charge in [0, 0.05) is 18.2 Å². The number of anilines is 2. The number of carbonyl (C=O) groups excluding carboxylic acids is 3. The van der Waals surface area contributed by atoms with Gasteiger partial charge in [-0.25, -0.2) is 4.79 Å². The molecule has 0 unspecified atom stereocenters. The zero-order chi connectivity index (χ0) is 18.6. The second-order valence-electron chi connectivity index (χ2n) is 5.41. The molecular formula is C18H17ClN2O4. The highest BCUT2D eigenvalue weighted by atomic mass is 35.5. The summed E-state index contributed by atoms with van der Waals surface area (Å²) >= 11 is 5.81. The Labute approximate surface area is 149 Å². The Morgan fingerprint density at radius 2 is 1.68 bits per heavy atom. The zero-order valence-electron chi connectivity index (χ0n) is 13.7. The van der Waals surface area contributed by atoms with Crippen LogP contribution in [0.4, 0.5) is 11.4 Å². The average molecular weight is 361 g/mol. The summed E-state index contributed by atoms with van der Waals surface area (Å²) < 4.78 is 5.19. The first-order valence-corrected chi connectivity index (χ1v) is 7.83. The van der Waals surface area contributed by atoms with E-state index >= 15 is 0 Å². The van der Waals surface area contributed by atoms with Crippen LogP contribution in [0, 0.1) is 0 Å². The van der Waals surface area contributed by atoms with Crippen LogP contribution < -0.4 is 11.1 Å². The summed E-state index contributed by atoms with van der Waals surface area (Å²) in [5.41, 5.74) is 7.06. The van der Waals surface area contributed by atoms with Crippen molar-refractivity contribution in [3.8, 4) is 0 Å². The lowest BCUT2D eigenvalue weighted by atomic mass is 10.1. The molecule has 2 aromatic rings. The summed E-state index contributed by atoms with van der Waals surface area (Å²) in [6.07, 6.45) is -0.976. The second-order valence-corrected chi connectivity index (χ2v) is 5.81. The number of ketones is 1. The molecule has 0 bridgehead atoms. The Morgan fingerprint density at radius 1 is 1.08 bits per heavy atom. The molecule has 3 N–H and O–H groups in total. The summed E-state index contributed by atoms with van der Waals surface area (Å²) in [5, 5.41) is 2.94. The molecule has 0 heterocycles. The number of carbonyl (C=O) groups is 3. The van der Waals surface area contributed by atoms with Gasteiger partial charge in [0.15, 0.2) is 6.10 Å². The summed E-state index contributed by atoms with van der Waals surface area (Å²) in [7, 11) is 0. The Balaban J connectivity index is 2.05. The van der Waals surface area contributed by atoms with Crippen molar-refractivity contribution in [3.05, 3.63) is 58.6 Å². The normalized spacial score (nSPS) is 11.5. The van der Waals surface area contributed by atoms with Crippen LogP contribution in [-0.2, 0) is 9.53 Å². The number of halogens is 1. The summed E-state index contributed by atoms with van der Waals surface area (Å²) in [4.78, 5) is 35.5. The van der Waals surface area contributed by atoms with Crippen LogP contribution in [0.25, 0.3) is 0 Å². The Morgan fingerprint density at radius 3 is 2.24 bits per heavy atom. The van der Waals surface area contributed by atoms with Crippen molar-refractivity contribution in [2.75, 3.05) is 11.1 Å². The van der Waals surface area contributed by atoms with Crippen molar-refractivity contribution >= 4 is 40.6 Å². The van der Waals surface area contributed by atoms with E-state index in [2.05, 4.69) is 5.32 Å². The molecule has 25 heavy (non-hydrogen) atoms. The highest BCUT2D eigenvalue weighted by molar-refractivity contribution is 6.33. The number of hydrogen-bond acceptors (Lipinski definition) is 5. The number of amides is 1. The van der Waals surface area contributed by atoms with Crippen LogP contribution in [0.15, 0.2) is 42.5 Å². The molecular weight excluding hydrogens is 344 g/mol. The van der Waals surface area contributed by atoms with Gasteiger partial charge in [-0.3, -0.25) is 9.59 Å². The number of Topliss-reactive ketones (excluding diaryl/α,β-unsaturated/α-hetero) is 1. The van der Waals surface area contributed by atoms with Crippen LogP contribution in [0.5, 0.6) is 0 Å². The van der Waals surface area contributed by atoms with Gasteiger partial charge in [0.25, 0.3) is 0 Å². The Bertz CT molecular complexity index is 818. The number of nitrogen functional groups attached to an aromatic ring is 1. The van der Waals surface area contributed by atoms with E-state index in [0.29, 0.717) is 16.3 Å². The molecule has 0 aromatic heterocycles. The molecule has 0 saturated carbocycles. The minimum Gasteiger partial charge on any atom is -0.451 e. The lowest BCUT2D eigenvalue weighted by Gasteiger charge is -2.13. The number of ether oxygens (including phenoxy) is 1. The minimum absolute atomic E-state index is 0.205. The molecule has 1 amide bonds. The highest BCUT2D eigenvalue weighted by Crippen LogP contribution is 2.20. The minimum atomic E-state index is -0.976. The molecule has 0 aliphatic carbocycles. The van der Waals surface area contributed by atoms with Crippen molar-refractivity contribution in [1.82, 2.24) is 0 Å². The van der Waals surface area contributed by atoms with Crippen molar-refractivity contribution in [2.24, 2.45) is 0 Å². The number of nitrogens with two attached hydrogens (primary N) is 1. The summed E-state index contributed by atoms with van der Waals surface area (Å²) in [6, 6.07) is 10.7. The first-order valence-electron chi connectivity index (χ1n) is 7.46. The predicted octanol–water partition coefficient (Wildman–Crippen LogP) is 3.31. The fourth-order valence-corrected chi connectivity index (χ4v) is 2.23. The Hall–Kier alpha value is -2.86. The molecule has 0 aliphatic rings. The van der Waals surface area contributed by atoms with Gasteiger partial charge in [-0.15, -0.1) is 0 Å². The number of benzene rings is 2. The Kier molecular flexibility index (Phi) is 5.77. The second kappa shape index (κ2) is 7.81. The third-order valence-corrected chi connectivity index (χ3v) is 3.72. The predicted molar refractivity (Wildman–Crippen MR) is 95.8 cm³/mol. The van der Waals surface area contributed by atoms with Gasteiger partial charge in [0.1, 0.15) is 0 Å². The molecule has 0 spiro atoms. The van der Waals surface area contributed by atoms with Crippen molar-refractivity contribution < 1.29 is 19.1 Å². The third-order valence-electron chi connectivity index (χ3n) is 3.37. The van der Waals surface area contributed by atoms with Gasteiger partial charge in [0.05, 0.1) is 16.3 Å². The van der Waals surface area contributed by atoms with Crippen LogP contribution in [-0.4, -0.2) is 23.8 Å². The quantitative estimate of drug-likeness (QED) is 0.484. The molecule has 2 aromatic carbocycles. The third kappa shape index (κ3) is 4.81. The number of hydrogen-bond donors (Lipinski definition) is 2. The monoisotopic (exact) mass is 360 g/mol. The molecule has 2 rings (SSSR count). The lowest BCUT2D eigenvalue weighted by Crippen LogP contribution is -2.24. The van der Waals surface area contributed by atoms with Gasteiger partial charge in [-0.2, -0.15) is 0 Å². The zero-order valence-corrected chi connectivity index (χ0v) is 14.5. The average Bonchev–Trinajstić information content (AvgIpc) is 2.56. The standard InChI is InChI=1S/C18H17ClN2O4/c1-10(25-18(24)13-5-8-15(19)16(20)9-13)17(23)12-3-6-14(7-4-12)21-11(2)22/h3-10H,20H2,1-2H3,(H,21,22)/t10-/m1/s1. The topological polar surface area (TPSA) is 98.5 Å². The molecule has 1 atom stereocenters. The van der Waals surface area contributed by atoms with Crippen LogP contribution >= 0.6 is 11.6 Å². The summed E-state index contributed by atoms with van der Waals surface area (Å²) in [6.45, 7) is 2.88. The van der Waals surface area contributed by atoms with Gasteiger partial charge in [0.2, 0.25) is 11.7 Å². The SMILES string of the molecule is CC(=O)Nc1ccc(C(=O)[C@@H](C)OC(=O)c2ccc(Cl)c(N)c2)cc1. The van der Waals surface area contributed by atoms with Crippen LogP contribution in [0.2, 0.25) is 5.02 Å². The van der Waals surface area contributed by atoms with E-state index < -0.39 is 12.1 Å². The first-order chi connectivity index (χ1) is 11.8. The van der Waals surface area contributed by atoms with Gasteiger partial charge in [-0.1, -0.05) is 11.6 Å². The van der Waals surface area contributed by atoms with Gasteiger partial charge in [-0.05, 0) is 49.4 Å². The largest absolute Gasteiger partial charge is 0.451 e. The fraction of sp³-hybridized carbons (Fsp3) is 0.167. The van der Waals surface area contributed by atoms with E-state index in [1.807, 2.05) is 0 Å². The molecule has 0 fully saturated rings. The van der Waals surface area contributed by atoms with Gasteiger partial charge < -0.3 is 15.8 Å². The number of esters is 1. The number of rotatable bonds is 5. The van der Waals surface area contributed by atoms with Crippen molar-refractivity contribution in [3.63, 3.8) is 0 Å². The van der Waals surface area contributed by atoms with Gasteiger partial charge >= 0.3 is 5.97 Å². The van der Waals surface area contributed by atoms with Crippen molar-refractivity contribution in [2.45, 2.75) is 20.0 Å². The first kappa shape index (κ1) is 18.5. The lowest BCUT2D eigenvalue weighted by molar-refractivity contribution is -0.114. The van der Waals surface area contributed by atoms with E-state index in [4.69, 9.17) is 22.1 Å². The maximum Gasteiger partial charge on any atom is 0.338 e. The molecule has 7 heteroatoms. The number of nitrogens with one attached hydrogen (secondary N) is 1. The highest BCUT2D eigenvalue weighted by Gasteiger charge is 2.20. The van der Waals surface area contributed by atoms with Crippen LogP contribution in [0.3, 0.4) is 0 Å².